The molecule has 0 spiro atoms. The molecule has 0 aliphatic carbocycles. The number of ether oxygens (including phenoxy) is 1. The summed E-state index contributed by atoms with van der Waals surface area (Å²) in [5.74, 6) is 0.162. The van der Waals surface area contributed by atoms with Crippen molar-refractivity contribution in [2.45, 2.75) is 42.5 Å². The fourth-order valence-corrected chi connectivity index (χ4v) is 8.90. The maximum Gasteiger partial charge on any atom is 0.268 e. The molecule has 216 valence electrons. The number of benzene rings is 4. The molecule has 1 aromatic heterocycles. The van der Waals surface area contributed by atoms with E-state index in [0.717, 1.165) is 16.7 Å². The van der Waals surface area contributed by atoms with Gasteiger partial charge in [-0.25, -0.2) is 20.8 Å². The molecule has 5 aromatic rings. The lowest BCUT2D eigenvalue weighted by Crippen LogP contribution is -2.31. The van der Waals surface area contributed by atoms with Crippen molar-refractivity contribution in [3.8, 4) is 5.75 Å². The normalized spacial score (nSPS) is 16.2. The lowest BCUT2D eigenvalue weighted by molar-refractivity contribution is 0.394. The summed E-state index contributed by atoms with van der Waals surface area (Å²) in [6.07, 6.45) is 0.359. The molecule has 1 aliphatic heterocycles. The Bertz CT molecular complexity index is 2000. The fraction of sp³-hybridized carbons (Fsp3) is 0.212. The van der Waals surface area contributed by atoms with E-state index in [1.165, 1.54) is 8.28 Å². The Hall–Kier alpha value is -3.92. The summed E-state index contributed by atoms with van der Waals surface area (Å²) in [4.78, 5) is 0.380. The molecule has 0 bridgehead atoms. The second kappa shape index (κ2) is 10.7. The third-order valence-electron chi connectivity index (χ3n) is 8.04. The number of aromatic nitrogens is 1. The van der Waals surface area contributed by atoms with Crippen molar-refractivity contribution in [1.82, 2.24) is 8.28 Å². The molecule has 0 saturated carbocycles. The first kappa shape index (κ1) is 28.2. The summed E-state index contributed by atoms with van der Waals surface area (Å²) in [6.45, 7) is 4.06. The lowest BCUT2D eigenvalue weighted by atomic mass is 9.90. The number of sulfonamides is 1. The molecule has 1 unspecified atom stereocenters. The molecule has 1 aliphatic rings. The first-order valence-electron chi connectivity index (χ1n) is 13.8. The third kappa shape index (κ3) is 4.71. The Balaban J connectivity index is 1.64. The van der Waals surface area contributed by atoms with Gasteiger partial charge >= 0.3 is 0 Å². The molecule has 6 rings (SSSR count). The van der Waals surface area contributed by atoms with Gasteiger partial charge in [0.1, 0.15) is 5.75 Å². The van der Waals surface area contributed by atoms with Crippen LogP contribution < -0.4 is 4.74 Å². The smallest absolute Gasteiger partial charge is 0.268 e. The molecule has 42 heavy (non-hydrogen) atoms. The molecule has 2 heterocycles. The number of nitrogens with zero attached hydrogens (tertiary/aromatic N) is 2. The molecule has 0 saturated heterocycles. The van der Waals surface area contributed by atoms with E-state index in [9.17, 15) is 16.8 Å². The predicted octanol–water partition coefficient (Wildman–Crippen LogP) is 6.23. The standard InChI is InChI=1S/C33H32N2O5S2/c1-23-12-16-25(17-13-23)41(36,37)34-21-20-29(28-9-5-7-11-32(28)40-3)33-30(22-34)27-8-4-6-10-31(27)35(33)42(38,39)26-18-14-24(2)15-19-26/h4-19,29H,20-22H2,1-3H3. The summed E-state index contributed by atoms with van der Waals surface area (Å²) in [7, 11) is -6.35. The number of para-hydroxylation sites is 2. The Morgan fingerprint density at radius 2 is 1.29 bits per heavy atom. The highest BCUT2D eigenvalue weighted by Crippen LogP contribution is 2.44. The molecule has 0 N–H and O–H groups in total. The van der Waals surface area contributed by atoms with E-state index in [2.05, 4.69) is 0 Å². The molecule has 0 radical (unpaired) electrons. The van der Waals surface area contributed by atoms with E-state index in [1.807, 2.05) is 56.3 Å². The van der Waals surface area contributed by atoms with Crippen LogP contribution >= 0.6 is 0 Å². The van der Waals surface area contributed by atoms with Crippen LogP contribution in [0.1, 0.15) is 40.3 Å². The minimum absolute atomic E-state index is 0.0358. The van der Waals surface area contributed by atoms with E-state index in [1.54, 1.807) is 61.7 Å². The Kier molecular flexibility index (Phi) is 7.21. The zero-order valence-corrected chi connectivity index (χ0v) is 25.3. The van der Waals surface area contributed by atoms with Crippen molar-refractivity contribution < 1.29 is 21.6 Å². The predicted molar refractivity (Wildman–Crippen MR) is 164 cm³/mol. The molecule has 4 aromatic carbocycles. The summed E-state index contributed by atoms with van der Waals surface area (Å²) in [5, 5.41) is 0.703. The molecular formula is C33H32N2O5S2. The van der Waals surface area contributed by atoms with Gasteiger partial charge in [0, 0.05) is 35.7 Å². The Morgan fingerprint density at radius 1 is 0.714 bits per heavy atom. The van der Waals surface area contributed by atoms with Crippen LogP contribution in [-0.4, -0.2) is 38.8 Å². The second-order valence-electron chi connectivity index (χ2n) is 10.7. The summed E-state index contributed by atoms with van der Waals surface area (Å²) in [6, 6.07) is 28.5. The molecule has 9 heteroatoms. The number of aryl methyl sites for hydroxylation is 2. The zero-order valence-electron chi connectivity index (χ0n) is 23.7. The van der Waals surface area contributed by atoms with Crippen LogP contribution in [-0.2, 0) is 26.6 Å². The van der Waals surface area contributed by atoms with Crippen LogP contribution in [0.4, 0.5) is 0 Å². The van der Waals surface area contributed by atoms with Crippen molar-refractivity contribution in [3.63, 3.8) is 0 Å². The molecular weight excluding hydrogens is 569 g/mol. The maximum absolute atomic E-state index is 14.5. The average molecular weight is 601 g/mol. The van der Waals surface area contributed by atoms with E-state index < -0.39 is 26.0 Å². The van der Waals surface area contributed by atoms with Crippen LogP contribution in [0.3, 0.4) is 0 Å². The fourth-order valence-electron chi connectivity index (χ4n) is 5.88. The zero-order chi connectivity index (χ0) is 29.6. The molecule has 1 atom stereocenters. The van der Waals surface area contributed by atoms with E-state index in [-0.39, 0.29) is 22.9 Å². The molecule has 0 amide bonds. The van der Waals surface area contributed by atoms with Crippen LogP contribution in [0.5, 0.6) is 5.75 Å². The van der Waals surface area contributed by atoms with E-state index >= 15 is 0 Å². The maximum atomic E-state index is 14.5. The van der Waals surface area contributed by atoms with Gasteiger partial charge < -0.3 is 4.74 Å². The molecule has 7 nitrogen and oxygen atoms in total. The van der Waals surface area contributed by atoms with Crippen LogP contribution in [0, 0.1) is 13.8 Å². The van der Waals surface area contributed by atoms with Crippen LogP contribution in [0.25, 0.3) is 10.9 Å². The first-order valence-corrected chi connectivity index (χ1v) is 16.6. The second-order valence-corrected chi connectivity index (χ2v) is 14.4. The largest absolute Gasteiger partial charge is 0.496 e. The van der Waals surface area contributed by atoms with Gasteiger partial charge in [0.15, 0.2) is 0 Å². The van der Waals surface area contributed by atoms with Gasteiger partial charge in [0.05, 0.1) is 22.4 Å². The number of fused-ring (bicyclic) bond motifs is 3. The van der Waals surface area contributed by atoms with Crippen molar-refractivity contribution in [1.29, 1.82) is 0 Å². The number of hydrogen-bond donors (Lipinski definition) is 0. The van der Waals surface area contributed by atoms with Gasteiger partial charge in [-0.2, -0.15) is 4.31 Å². The van der Waals surface area contributed by atoms with E-state index in [4.69, 9.17) is 4.74 Å². The number of rotatable bonds is 6. The van der Waals surface area contributed by atoms with Gasteiger partial charge in [-0.1, -0.05) is 71.8 Å². The van der Waals surface area contributed by atoms with Crippen molar-refractivity contribution in [2.75, 3.05) is 13.7 Å². The summed E-state index contributed by atoms with van der Waals surface area (Å²) in [5.41, 5.74) is 4.46. The average Bonchev–Trinajstić information content (AvgIpc) is 3.18. The highest BCUT2D eigenvalue weighted by Gasteiger charge is 2.38. The SMILES string of the molecule is COc1ccccc1C1CCN(S(=O)(=O)c2ccc(C)cc2)Cc2c1n(S(=O)(=O)c1ccc(C)cc1)c1ccccc21. The first-order chi connectivity index (χ1) is 20.1. The van der Waals surface area contributed by atoms with Gasteiger partial charge in [-0.05, 0) is 62.2 Å². The summed E-state index contributed by atoms with van der Waals surface area (Å²) >= 11 is 0. The quantitative estimate of drug-likeness (QED) is 0.231. The Morgan fingerprint density at radius 3 is 1.93 bits per heavy atom. The number of hydrogen-bond acceptors (Lipinski definition) is 5. The third-order valence-corrected chi connectivity index (χ3v) is 11.6. The monoisotopic (exact) mass is 600 g/mol. The molecule has 0 fully saturated rings. The van der Waals surface area contributed by atoms with Gasteiger partial charge in [-0.15, -0.1) is 0 Å². The van der Waals surface area contributed by atoms with Crippen LogP contribution in [0.2, 0.25) is 0 Å². The van der Waals surface area contributed by atoms with Crippen molar-refractivity contribution in [3.05, 3.63) is 125 Å². The van der Waals surface area contributed by atoms with Gasteiger partial charge in [0.2, 0.25) is 10.0 Å². The number of methoxy groups -OCH3 is 1. The highest BCUT2D eigenvalue weighted by atomic mass is 32.2. The summed E-state index contributed by atoms with van der Waals surface area (Å²) < 4.78 is 65.6. The van der Waals surface area contributed by atoms with E-state index in [0.29, 0.717) is 34.3 Å². The van der Waals surface area contributed by atoms with Crippen molar-refractivity contribution in [2.24, 2.45) is 0 Å². The van der Waals surface area contributed by atoms with Gasteiger partial charge in [0.25, 0.3) is 10.0 Å². The topological polar surface area (TPSA) is 85.7 Å². The van der Waals surface area contributed by atoms with Crippen molar-refractivity contribution >= 4 is 30.9 Å². The highest BCUT2D eigenvalue weighted by molar-refractivity contribution is 7.90. The lowest BCUT2D eigenvalue weighted by Gasteiger charge is -2.23. The minimum Gasteiger partial charge on any atom is -0.496 e. The van der Waals surface area contributed by atoms with Gasteiger partial charge in [-0.3, -0.25) is 0 Å². The minimum atomic E-state index is -4.06. The Labute approximate surface area is 247 Å². The van der Waals surface area contributed by atoms with Crippen LogP contribution in [0.15, 0.2) is 107 Å².